The second-order valence-corrected chi connectivity index (χ2v) is 13.3. The van der Waals surface area contributed by atoms with Gasteiger partial charge in [-0.25, -0.2) is 4.68 Å². The van der Waals surface area contributed by atoms with Crippen LogP contribution >= 0.6 is 43.6 Å². The van der Waals surface area contributed by atoms with Crippen LogP contribution < -0.4 is 24.8 Å². The smallest absolute Gasteiger partial charge is 0.255 e. The number of hydrogen-bond acceptors (Lipinski definition) is 8. The zero-order valence-electron chi connectivity index (χ0n) is 26.2. The Balaban J connectivity index is 1.56. The van der Waals surface area contributed by atoms with Crippen molar-refractivity contribution in [3.63, 3.8) is 0 Å². The number of rotatable bonds is 14. The quantitative estimate of drug-likeness (QED) is 0.0969. The molecule has 4 aromatic rings. The summed E-state index contributed by atoms with van der Waals surface area (Å²) in [5.41, 5.74) is 3.54. The lowest BCUT2D eigenvalue weighted by molar-refractivity contribution is -0.113. The van der Waals surface area contributed by atoms with Gasteiger partial charge in [0.1, 0.15) is 18.4 Å². The van der Waals surface area contributed by atoms with Crippen LogP contribution in [0.2, 0.25) is 0 Å². The minimum absolute atomic E-state index is 0.285. The first-order chi connectivity index (χ1) is 22.3. The molecule has 9 nitrogen and oxygen atoms in total. The fourth-order valence-corrected chi connectivity index (χ4v) is 7.01. The summed E-state index contributed by atoms with van der Waals surface area (Å²) in [7, 11) is 0. The highest BCUT2D eigenvalue weighted by Crippen LogP contribution is 2.44. The van der Waals surface area contributed by atoms with Gasteiger partial charge < -0.3 is 24.8 Å². The number of para-hydroxylation sites is 2. The molecule has 242 valence electrons. The molecular formula is C34H37Br2N5O4S. The van der Waals surface area contributed by atoms with Crippen LogP contribution in [0.3, 0.4) is 0 Å². The topological polar surface area (TPSA) is 99.5 Å². The Kier molecular flexibility index (Phi) is 11.7. The SMILES string of the molecule is CCCCSc1nc2n(n1)C(c1cc(Br)c(OCc3cccc(Br)c3)c(OCC)c1)C(C(=O)Nc1ccccc1OCC)=C(C)N2. The first kappa shape index (κ1) is 33.9. The van der Waals surface area contributed by atoms with Crippen LogP contribution in [0, 0.1) is 0 Å². The summed E-state index contributed by atoms with van der Waals surface area (Å²) in [4.78, 5) is 19.0. The first-order valence-electron chi connectivity index (χ1n) is 15.3. The van der Waals surface area contributed by atoms with Gasteiger partial charge in [0, 0.05) is 15.9 Å². The number of halogens is 2. The molecule has 0 spiro atoms. The van der Waals surface area contributed by atoms with Crippen molar-refractivity contribution in [2.45, 2.75) is 58.3 Å². The van der Waals surface area contributed by atoms with E-state index < -0.39 is 6.04 Å². The normalized spacial score (nSPS) is 14.0. The molecule has 0 saturated carbocycles. The van der Waals surface area contributed by atoms with E-state index in [1.54, 1.807) is 16.4 Å². The van der Waals surface area contributed by atoms with Crippen LogP contribution in [0.25, 0.3) is 0 Å². The van der Waals surface area contributed by atoms with E-state index in [2.05, 4.69) is 49.4 Å². The van der Waals surface area contributed by atoms with E-state index in [4.69, 9.17) is 24.3 Å². The van der Waals surface area contributed by atoms with Gasteiger partial charge in [0.15, 0.2) is 11.5 Å². The predicted molar refractivity (Wildman–Crippen MR) is 190 cm³/mol. The molecule has 2 heterocycles. The molecular weight excluding hydrogens is 734 g/mol. The molecule has 2 N–H and O–H groups in total. The summed E-state index contributed by atoms with van der Waals surface area (Å²) in [5, 5.41) is 11.9. The number of nitrogens with zero attached hydrogens (tertiary/aromatic N) is 3. The van der Waals surface area contributed by atoms with E-state index in [-0.39, 0.29) is 5.91 Å². The van der Waals surface area contributed by atoms with Crippen LogP contribution in [0.1, 0.15) is 57.7 Å². The fraction of sp³-hybridized carbons (Fsp3) is 0.324. The third-order valence-electron chi connectivity index (χ3n) is 7.16. The van der Waals surface area contributed by atoms with Gasteiger partial charge in [-0.05, 0) is 90.6 Å². The van der Waals surface area contributed by atoms with E-state index >= 15 is 0 Å². The number of anilines is 2. The molecule has 0 aliphatic carbocycles. The van der Waals surface area contributed by atoms with Gasteiger partial charge in [0.2, 0.25) is 11.1 Å². The van der Waals surface area contributed by atoms with Crippen molar-refractivity contribution in [3.05, 3.63) is 92.0 Å². The molecule has 1 atom stereocenters. The molecule has 5 rings (SSSR count). The lowest BCUT2D eigenvalue weighted by Crippen LogP contribution is -2.31. The summed E-state index contributed by atoms with van der Waals surface area (Å²) in [5.74, 6) is 2.92. The Morgan fingerprint density at radius 3 is 2.54 bits per heavy atom. The predicted octanol–water partition coefficient (Wildman–Crippen LogP) is 9.00. The van der Waals surface area contributed by atoms with Gasteiger partial charge in [-0.2, -0.15) is 4.98 Å². The first-order valence-corrected chi connectivity index (χ1v) is 17.8. The Labute approximate surface area is 290 Å². The number of aromatic nitrogens is 3. The molecule has 3 aromatic carbocycles. The van der Waals surface area contributed by atoms with Crippen LogP contribution in [0.5, 0.6) is 17.2 Å². The number of fused-ring (bicyclic) bond motifs is 1. The van der Waals surface area contributed by atoms with Gasteiger partial charge in [-0.15, -0.1) is 5.10 Å². The van der Waals surface area contributed by atoms with Crippen LogP contribution in [0.15, 0.2) is 86.0 Å². The molecule has 1 unspecified atom stereocenters. The highest BCUT2D eigenvalue weighted by atomic mass is 79.9. The Morgan fingerprint density at radius 1 is 1.00 bits per heavy atom. The molecule has 0 radical (unpaired) electrons. The number of allylic oxidation sites excluding steroid dienone is 1. The van der Waals surface area contributed by atoms with Gasteiger partial charge in [0.25, 0.3) is 5.91 Å². The summed E-state index contributed by atoms with van der Waals surface area (Å²) < 4.78 is 21.7. The number of carbonyl (C=O) groups excluding carboxylic acids is 1. The summed E-state index contributed by atoms with van der Waals surface area (Å²) in [6.45, 7) is 9.13. The summed E-state index contributed by atoms with van der Waals surface area (Å²) in [6.07, 6.45) is 2.14. The molecule has 12 heteroatoms. The van der Waals surface area contributed by atoms with Gasteiger partial charge in [-0.3, -0.25) is 4.79 Å². The minimum Gasteiger partial charge on any atom is -0.492 e. The van der Waals surface area contributed by atoms with Gasteiger partial charge in [-0.1, -0.05) is 65.3 Å². The van der Waals surface area contributed by atoms with Crippen molar-refractivity contribution >= 4 is 61.2 Å². The van der Waals surface area contributed by atoms with Crippen molar-refractivity contribution in [3.8, 4) is 17.2 Å². The average Bonchev–Trinajstić information content (AvgIpc) is 3.43. The molecule has 0 saturated heterocycles. The van der Waals surface area contributed by atoms with E-state index in [1.807, 2.05) is 81.4 Å². The van der Waals surface area contributed by atoms with Crippen molar-refractivity contribution in [2.24, 2.45) is 0 Å². The molecule has 0 bridgehead atoms. The molecule has 46 heavy (non-hydrogen) atoms. The highest BCUT2D eigenvalue weighted by Gasteiger charge is 2.36. The third-order valence-corrected chi connectivity index (χ3v) is 9.17. The fourth-order valence-electron chi connectivity index (χ4n) is 5.07. The second-order valence-electron chi connectivity index (χ2n) is 10.5. The Morgan fingerprint density at radius 2 is 1.78 bits per heavy atom. The largest absolute Gasteiger partial charge is 0.492 e. The maximum Gasteiger partial charge on any atom is 0.255 e. The summed E-state index contributed by atoms with van der Waals surface area (Å²) in [6, 6.07) is 18.6. The molecule has 1 amide bonds. The highest BCUT2D eigenvalue weighted by molar-refractivity contribution is 9.10. The Hall–Kier alpha value is -3.48. The number of benzene rings is 3. The molecule has 0 fully saturated rings. The maximum absolute atomic E-state index is 14.2. The van der Waals surface area contributed by atoms with Gasteiger partial charge in [0.05, 0.1) is 28.9 Å². The van der Waals surface area contributed by atoms with Crippen LogP contribution in [0.4, 0.5) is 11.6 Å². The third kappa shape index (κ3) is 7.90. The monoisotopic (exact) mass is 769 g/mol. The van der Waals surface area contributed by atoms with Crippen LogP contribution in [-0.4, -0.2) is 39.6 Å². The Bertz CT molecular complexity index is 1730. The number of nitrogens with one attached hydrogen (secondary N) is 2. The second kappa shape index (κ2) is 15.9. The zero-order valence-corrected chi connectivity index (χ0v) is 30.2. The number of ether oxygens (including phenoxy) is 3. The lowest BCUT2D eigenvalue weighted by atomic mass is 9.94. The van der Waals surface area contributed by atoms with Crippen molar-refractivity contribution in [1.29, 1.82) is 0 Å². The van der Waals surface area contributed by atoms with E-state index in [9.17, 15) is 4.79 Å². The van der Waals surface area contributed by atoms with Crippen molar-refractivity contribution in [1.82, 2.24) is 14.8 Å². The standard InChI is InChI=1S/C34H37Br2N5O4S/c1-5-8-16-46-34-39-33-37-21(4)29(32(42)38-26-14-9-10-15-27(26)43-6-2)30(41(33)40-34)23-18-25(36)31(28(19-23)44-7-3)45-20-22-12-11-13-24(35)17-22/h9-15,17-19,30H,5-8,16,20H2,1-4H3,(H,38,42)(H,37,39,40). The average molecular weight is 772 g/mol. The van der Waals surface area contributed by atoms with Gasteiger partial charge >= 0.3 is 0 Å². The number of carbonyl (C=O) groups is 1. The number of unbranched alkanes of at least 4 members (excludes halogenated alkanes) is 1. The molecule has 1 aliphatic heterocycles. The van der Waals surface area contributed by atoms with Crippen molar-refractivity contribution in [2.75, 3.05) is 29.6 Å². The van der Waals surface area contributed by atoms with Crippen LogP contribution in [-0.2, 0) is 11.4 Å². The lowest BCUT2D eigenvalue weighted by Gasteiger charge is -2.29. The number of amides is 1. The minimum atomic E-state index is -0.613. The van der Waals surface area contributed by atoms with E-state index in [1.165, 1.54) is 0 Å². The van der Waals surface area contributed by atoms with E-state index in [0.717, 1.165) is 34.2 Å². The molecule has 1 aliphatic rings. The van der Waals surface area contributed by atoms with Crippen molar-refractivity contribution < 1.29 is 19.0 Å². The maximum atomic E-state index is 14.2. The number of thioether (sulfide) groups is 1. The summed E-state index contributed by atoms with van der Waals surface area (Å²) >= 11 is 8.88. The molecule has 1 aromatic heterocycles. The number of hydrogen-bond donors (Lipinski definition) is 2. The van der Waals surface area contributed by atoms with E-state index in [0.29, 0.717) is 69.6 Å². The zero-order chi connectivity index (χ0) is 32.6.